The minimum absolute atomic E-state index is 0.0845. The Morgan fingerprint density at radius 3 is 2.23 bits per heavy atom. The lowest BCUT2D eigenvalue weighted by atomic mass is 10.1. The van der Waals surface area contributed by atoms with Crippen molar-refractivity contribution in [3.8, 4) is 0 Å². The summed E-state index contributed by atoms with van der Waals surface area (Å²) in [7, 11) is 0. The van der Waals surface area contributed by atoms with Crippen molar-refractivity contribution in [1.82, 2.24) is 0 Å². The average Bonchev–Trinajstić information content (AvgIpc) is 2.17. The standard InChI is InChI=1S/C9H7Br2ClO/c10-7(8(11)9(12)13)6-4-2-1-3-5-6/h1-5,7-8H/t7-,8-/m0/s1. The lowest BCUT2D eigenvalue weighted by Gasteiger charge is -2.12. The largest absolute Gasteiger partial charge is 0.280 e. The first-order valence-corrected chi connectivity index (χ1v) is 5.86. The first-order valence-electron chi connectivity index (χ1n) is 3.65. The number of carbonyl (C=O) groups excluding carboxylic acids is 1. The highest BCUT2D eigenvalue weighted by atomic mass is 79.9. The van der Waals surface area contributed by atoms with E-state index in [1.807, 2.05) is 30.3 Å². The second-order valence-electron chi connectivity index (χ2n) is 2.52. The molecule has 0 saturated carbocycles. The number of benzene rings is 1. The van der Waals surface area contributed by atoms with Gasteiger partial charge in [-0.3, -0.25) is 4.79 Å². The van der Waals surface area contributed by atoms with Crippen LogP contribution in [-0.2, 0) is 4.79 Å². The van der Waals surface area contributed by atoms with Gasteiger partial charge in [-0.2, -0.15) is 0 Å². The van der Waals surface area contributed by atoms with Gasteiger partial charge in [0.1, 0.15) is 4.83 Å². The predicted molar refractivity (Wildman–Crippen MR) is 61.7 cm³/mol. The van der Waals surface area contributed by atoms with Gasteiger partial charge in [-0.15, -0.1) is 0 Å². The Morgan fingerprint density at radius 2 is 1.77 bits per heavy atom. The lowest BCUT2D eigenvalue weighted by molar-refractivity contribution is -0.111. The minimum atomic E-state index is -0.397. The third-order valence-electron chi connectivity index (χ3n) is 1.59. The van der Waals surface area contributed by atoms with Gasteiger partial charge in [0.25, 0.3) is 0 Å². The smallest absolute Gasteiger partial charge is 0.236 e. The quantitative estimate of drug-likeness (QED) is 0.612. The van der Waals surface area contributed by atoms with Gasteiger partial charge in [-0.25, -0.2) is 0 Å². The van der Waals surface area contributed by atoms with Gasteiger partial charge in [-0.05, 0) is 17.2 Å². The van der Waals surface area contributed by atoms with E-state index in [0.717, 1.165) is 5.56 Å². The molecule has 0 radical (unpaired) electrons. The fourth-order valence-electron chi connectivity index (χ4n) is 0.921. The monoisotopic (exact) mass is 324 g/mol. The van der Waals surface area contributed by atoms with Gasteiger partial charge in [0.05, 0.1) is 4.83 Å². The molecule has 13 heavy (non-hydrogen) atoms. The van der Waals surface area contributed by atoms with Crippen LogP contribution in [0.25, 0.3) is 0 Å². The zero-order chi connectivity index (χ0) is 9.84. The third kappa shape index (κ3) is 3.08. The summed E-state index contributed by atoms with van der Waals surface area (Å²) in [5.41, 5.74) is 1.03. The average molecular weight is 326 g/mol. The van der Waals surface area contributed by atoms with Crippen molar-refractivity contribution in [3.05, 3.63) is 35.9 Å². The molecule has 0 aliphatic carbocycles. The Labute approximate surface area is 98.7 Å². The Kier molecular flexibility index (Phi) is 4.42. The molecular formula is C9H7Br2ClO. The molecule has 0 aromatic heterocycles. The van der Waals surface area contributed by atoms with Crippen molar-refractivity contribution < 1.29 is 4.79 Å². The molecule has 0 heterocycles. The summed E-state index contributed by atoms with van der Waals surface area (Å²) in [5, 5.41) is -0.397. The molecule has 1 rings (SSSR count). The normalized spacial score (nSPS) is 15.0. The molecule has 0 aliphatic rings. The van der Waals surface area contributed by atoms with E-state index in [2.05, 4.69) is 31.9 Å². The zero-order valence-electron chi connectivity index (χ0n) is 6.58. The molecule has 0 fully saturated rings. The van der Waals surface area contributed by atoms with Crippen molar-refractivity contribution in [2.75, 3.05) is 0 Å². The number of alkyl halides is 2. The second kappa shape index (κ2) is 5.13. The molecule has 2 atom stereocenters. The van der Waals surface area contributed by atoms with Crippen LogP contribution in [0.1, 0.15) is 10.4 Å². The summed E-state index contributed by atoms with van der Waals surface area (Å²) in [4.78, 5) is 10.4. The third-order valence-corrected chi connectivity index (χ3v) is 4.80. The Morgan fingerprint density at radius 1 is 1.23 bits per heavy atom. The summed E-state index contributed by atoms with van der Waals surface area (Å²) < 4.78 is 0. The molecule has 0 amide bonds. The van der Waals surface area contributed by atoms with Gasteiger partial charge in [0.2, 0.25) is 5.24 Å². The first-order chi connectivity index (χ1) is 6.13. The van der Waals surface area contributed by atoms with E-state index in [9.17, 15) is 4.79 Å². The summed E-state index contributed by atoms with van der Waals surface area (Å²) in [6.07, 6.45) is 0. The van der Waals surface area contributed by atoms with E-state index >= 15 is 0 Å². The van der Waals surface area contributed by atoms with E-state index in [4.69, 9.17) is 11.6 Å². The minimum Gasteiger partial charge on any atom is -0.280 e. The molecule has 1 nitrogen and oxygen atoms in total. The van der Waals surface area contributed by atoms with Gasteiger partial charge < -0.3 is 0 Å². The van der Waals surface area contributed by atoms with Crippen molar-refractivity contribution >= 4 is 48.7 Å². The summed E-state index contributed by atoms with van der Waals surface area (Å²) in [5.74, 6) is 0. The molecule has 70 valence electrons. The Balaban J connectivity index is 2.79. The zero-order valence-corrected chi connectivity index (χ0v) is 10.5. The van der Waals surface area contributed by atoms with Crippen LogP contribution in [0.3, 0.4) is 0 Å². The molecule has 0 bridgehead atoms. The molecule has 0 aliphatic heterocycles. The summed E-state index contributed by atoms with van der Waals surface area (Å²) in [6, 6.07) is 9.64. The van der Waals surface area contributed by atoms with E-state index in [0.29, 0.717) is 0 Å². The van der Waals surface area contributed by atoms with Crippen LogP contribution in [-0.4, -0.2) is 10.1 Å². The molecule has 0 spiro atoms. The van der Waals surface area contributed by atoms with Crippen molar-refractivity contribution in [2.24, 2.45) is 0 Å². The van der Waals surface area contributed by atoms with Crippen LogP contribution in [0, 0.1) is 0 Å². The van der Waals surface area contributed by atoms with E-state index in [1.165, 1.54) is 0 Å². The van der Waals surface area contributed by atoms with Gasteiger partial charge in [0.15, 0.2) is 0 Å². The fraction of sp³-hybridized carbons (Fsp3) is 0.222. The highest BCUT2D eigenvalue weighted by molar-refractivity contribution is 9.12. The van der Waals surface area contributed by atoms with Crippen LogP contribution in [0.4, 0.5) is 0 Å². The van der Waals surface area contributed by atoms with Crippen LogP contribution in [0.5, 0.6) is 0 Å². The molecule has 0 N–H and O–H groups in total. The SMILES string of the molecule is O=C(Cl)[C@@H](Br)[C@@H](Br)c1ccccc1. The molecule has 4 heteroatoms. The molecule has 0 saturated heterocycles. The summed E-state index contributed by atoms with van der Waals surface area (Å²) >= 11 is 12.0. The van der Waals surface area contributed by atoms with E-state index < -0.39 is 10.1 Å². The Hall–Kier alpha value is 0.140. The van der Waals surface area contributed by atoms with Crippen molar-refractivity contribution in [3.63, 3.8) is 0 Å². The van der Waals surface area contributed by atoms with Crippen LogP contribution in [0.15, 0.2) is 30.3 Å². The highest BCUT2D eigenvalue weighted by Crippen LogP contribution is 2.32. The van der Waals surface area contributed by atoms with Crippen molar-refractivity contribution in [1.29, 1.82) is 0 Å². The number of rotatable bonds is 3. The lowest BCUT2D eigenvalue weighted by Crippen LogP contribution is -2.13. The van der Waals surface area contributed by atoms with Gasteiger partial charge in [-0.1, -0.05) is 62.2 Å². The number of hydrogen-bond donors (Lipinski definition) is 0. The number of hydrogen-bond acceptors (Lipinski definition) is 1. The van der Waals surface area contributed by atoms with Crippen LogP contribution < -0.4 is 0 Å². The van der Waals surface area contributed by atoms with Crippen LogP contribution in [0.2, 0.25) is 0 Å². The molecule has 0 unspecified atom stereocenters. The van der Waals surface area contributed by atoms with Crippen LogP contribution >= 0.6 is 43.5 Å². The van der Waals surface area contributed by atoms with Gasteiger partial charge in [0, 0.05) is 0 Å². The predicted octanol–water partition coefficient (Wildman–Crippen LogP) is 3.65. The maximum atomic E-state index is 10.8. The second-order valence-corrected chi connectivity index (χ2v) is 4.86. The molecule has 1 aromatic rings. The maximum Gasteiger partial charge on any atom is 0.236 e. The first kappa shape index (κ1) is 11.2. The van der Waals surface area contributed by atoms with E-state index in [1.54, 1.807) is 0 Å². The topological polar surface area (TPSA) is 17.1 Å². The molecule has 1 aromatic carbocycles. The number of carbonyl (C=O) groups is 1. The fourth-order valence-corrected chi connectivity index (χ4v) is 2.05. The Bertz CT molecular complexity index is 289. The van der Waals surface area contributed by atoms with Crippen molar-refractivity contribution in [2.45, 2.75) is 9.65 Å². The van der Waals surface area contributed by atoms with E-state index in [-0.39, 0.29) is 4.83 Å². The number of halogens is 3. The summed E-state index contributed by atoms with van der Waals surface area (Å²) in [6.45, 7) is 0. The maximum absolute atomic E-state index is 10.8. The highest BCUT2D eigenvalue weighted by Gasteiger charge is 2.22. The molecular weight excluding hydrogens is 319 g/mol. The van der Waals surface area contributed by atoms with Gasteiger partial charge >= 0.3 is 0 Å².